The normalized spacial score (nSPS) is 17.9. The van der Waals surface area contributed by atoms with E-state index in [0.717, 1.165) is 11.1 Å². The number of hydrogen-bond acceptors (Lipinski definition) is 4. The molecule has 21 heavy (non-hydrogen) atoms. The number of aryl methyl sites for hydroxylation is 1. The Morgan fingerprint density at radius 2 is 2.00 bits per heavy atom. The molecule has 0 unspecified atom stereocenters. The van der Waals surface area contributed by atoms with Crippen molar-refractivity contribution in [2.45, 2.75) is 31.8 Å². The van der Waals surface area contributed by atoms with Crippen LogP contribution in [-0.4, -0.2) is 54.7 Å². The Hall–Kier alpha value is -1.23. The Morgan fingerprint density at radius 1 is 1.33 bits per heavy atom. The first-order valence-electron chi connectivity index (χ1n) is 7.58. The van der Waals surface area contributed by atoms with Crippen LogP contribution in [0.3, 0.4) is 0 Å². The van der Waals surface area contributed by atoms with Gasteiger partial charge in [-0.25, -0.2) is 0 Å². The summed E-state index contributed by atoms with van der Waals surface area (Å²) in [6.45, 7) is 4.45. The first-order chi connectivity index (χ1) is 10.0. The molecule has 0 aromatic heterocycles. The number of carbonyl (C=O) groups is 1. The Labute approximate surface area is 126 Å². The highest BCUT2D eigenvalue weighted by Crippen LogP contribution is 2.21. The summed E-state index contributed by atoms with van der Waals surface area (Å²) in [5.74, 6) is 0.166. The van der Waals surface area contributed by atoms with Crippen LogP contribution in [-0.2, 0) is 4.74 Å². The second kappa shape index (κ2) is 7.16. The van der Waals surface area contributed by atoms with E-state index in [1.54, 1.807) is 0 Å². The third kappa shape index (κ3) is 4.63. The number of benzene rings is 1. The molecule has 1 aliphatic heterocycles. The molecule has 1 aromatic rings. The molecular formula is C17H25NO3. The molecule has 1 aromatic carbocycles. The van der Waals surface area contributed by atoms with Crippen molar-refractivity contribution in [3.05, 3.63) is 35.4 Å². The van der Waals surface area contributed by atoms with Gasteiger partial charge in [0.15, 0.2) is 5.78 Å². The van der Waals surface area contributed by atoms with Crippen molar-refractivity contribution in [3.8, 4) is 0 Å². The van der Waals surface area contributed by atoms with Gasteiger partial charge < -0.3 is 14.7 Å². The van der Waals surface area contributed by atoms with E-state index < -0.39 is 5.60 Å². The van der Waals surface area contributed by atoms with Gasteiger partial charge in [0.05, 0.1) is 5.60 Å². The first-order valence-corrected chi connectivity index (χ1v) is 7.58. The zero-order chi connectivity index (χ0) is 15.3. The SMILES string of the molecule is Cc1ccccc1C(=O)CCN(C)CC1(O)CCOCC1. The molecule has 0 spiro atoms. The zero-order valence-electron chi connectivity index (χ0n) is 13.0. The van der Waals surface area contributed by atoms with E-state index in [1.807, 2.05) is 43.1 Å². The Kier molecular flexibility index (Phi) is 5.51. The standard InChI is InChI=1S/C17H25NO3/c1-14-5-3-4-6-15(14)16(19)7-10-18(2)13-17(20)8-11-21-12-9-17/h3-6,20H,7-13H2,1-2H3. The lowest BCUT2D eigenvalue weighted by molar-refractivity contribution is -0.0767. The van der Waals surface area contributed by atoms with Gasteiger partial charge in [-0.05, 0) is 19.5 Å². The molecule has 4 heteroatoms. The topological polar surface area (TPSA) is 49.8 Å². The minimum atomic E-state index is -0.668. The van der Waals surface area contributed by atoms with E-state index in [2.05, 4.69) is 0 Å². The molecule has 1 heterocycles. The second-order valence-corrected chi connectivity index (χ2v) is 6.06. The van der Waals surface area contributed by atoms with Crippen LogP contribution in [0.2, 0.25) is 0 Å². The largest absolute Gasteiger partial charge is 0.388 e. The van der Waals surface area contributed by atoms with Crippen LogP contribution >= 0.6 is 0 Å². The molecule has 116 valence electrons. The molecule has 1 aliphatic rings. The van der Waals surface area contributed by atoms with Gasteiger partial charge in [0, 0.05) is 51.1 Å². The Balaban J connectivity index is 1.82. The Bertz CT molecular complexity index is 481. The third-order valence-electron chi connectivity index (χ3n) is 4.15. The van der Waals surface area contributed by atoms with Gasteiger partial charge in [0.2, 0.25) is 0 Å². The lowest BCUT2D eigenvalue weighted by atomic mass is 9.94. The average molecular weight is 291 g/mol. The summed E-state index contributed by atoms with van der Waals surface area (Å²) in [4.78, 5) is 14.3. The summed E-state index contributed by atoms with van der Waals surface area (Å²) in [5, 5.41) is 10.5. The molecule has 0 bridgehead atoms. The van der Waals surface area contributed by atoms with Gasteiger partial charge in [0.25, 0.3) is 0 Å². The van der Waals surface area contributed by atoms with E-state index in [9.17, 15) is 9.90 Å². The van der Waals surface area contributed by atoms with Gasteiger partial charge >= 0.3 is 0 Å². The molecule has 4 nitrogen and oxygen atoms in total. The summed E-state index contributed by atoms with van der Waals surface area (Å²) >= 11 is 0. The van der Waals surface area contributed by atoms with Crippen molar-refractivity contribution in [2.24, 2.45) is 0 Å². The Morgan fingerprint density at radius 3 is 2.67 bits per heavy atom. The number of aliphatic hydroxyl groups is 1. The molecule has 1 N–H and O–H groups in total. The molecule has 0 saturated carbocycles. The van der Waals surface area contributed by atoms with Gasteiger partial charge in [-0.3, -0.25) is 4.79 Å². The predicted molar refractivity (Wildman–Crippen MR) is 82.6 cm³/mol. The summed E-state index contributed by atoms with van der Waals surface area (Å²) in [6, 6.07) is 7.68. The number of hydrogen-bond donors (Lipinski definition) is 1. The summed E-state index contributed by atoms with van der Waals surface area (Å²) in [6.07, 6.45) is 1.82. The minimum absolute atomic E-state index is 0.166. The van der Waals surface area contributed by atoms with Gasteiger partial charge in [-0.2, -0.15) is 0 Å². The quantitative estimate of drug-likeness (QED) is 0.815. The number of rotatable bonds is 6. The van der Waals surface area contributed by atoms with Crippen LogP contribution in [0, 0.1) is 6.92 Å². The maximum atomic E-state index is 12.2. The molecule has 0 radical (unpaired) electrons. The molecular weight excluding hydrogens is 266 g/mol. The number of ketones is 1. The summed E-state index contributed by atoms with van der Waals surface area (Å²) < 4.78 is 5.28. The van der Waals surface area contributed by atoms with Crippen molar-refractivity contribution in [3.63, 3.8) is 0 Å². The van der Waals surface area contributed by atoms with Crippen molar-refractivity contribution in [1.29, 1.82) is 0 Å². The van der Waals surface area contributed by atoms with Gasteiger partial charge in [-0.1, -0.05) is 24.3 Å². The highest BCUT2D eigenvalue weighted by atomic mass is 16.5. The van der Waals surface area contributed by atoms with Crippen molar-refractivity contribution >= 4 is 5.78 Å². The van der Waals surface area contributed by atoms with Crippen molar-refractivity contribution < 1.29 is 14.6 Å². The van der Waals surface area contributed by atoms with Crippen LogP contribution in [0.4, 0.5) is 0 Å². The molecule has 1 fully saturated rings. The summed E-state index contributed by atoms with van der Waals surface area (Å²) in [5.41, 5.74) is 1.16. The average Bonchev–Trinajstić information content (AvgIpc) is 2.45. The zero-order valence-corrected chi connectivity index (χ0v) is 13.0. The molecule has 0 aliphatic carbocycles. The van der Waals surface area contributed by atoms with Crippen LogP contribution < -0.4 is 0 Å². The molecule has 0 atom stereocenters. The van der Waals surface area contributed by atoms with E-state index >= 15 is 0 Å². The smallest absolute Gasteiger partial charge is 0.164 e. The summed E-state index contributed by atoms with van der Waals surface area (Å²) in [7, 11) is 1.96. The lowest BCUT2D eigenvalue weighted by Crippen LogP contribution is -2.46. The van der Waals surface area contributed by atoms with Gasteiger partial charge in [-0.15, -0.1) is 0 Å². The maximum Gasteiger partial charge on any atom is 0.164 e. The van der Waals surface area contributed by atoms with Crippen LogP contribution in [0.5, 0.6) is 0 Å². The number of nitrogens with zero attached hydrogens (tertiary/aromatic N) is 1. The van der Waals surface area contributed by atoms with Crippen molar-refractivity contribution in [1.82, 2.24) is 4.90 Å². The molecule has 2 rings (SSSR count). The van der Waals surface area contributed by atoms with E-state index in [4.69, 9.17) is 4.74 Å². The van der Waals surface area contributed by atoms with E-state index in [-0.39, 0.29) is 5.78 Å². The fourth-order valence-corrected chi connectivity index (χ4v) is 2.80. The highest BCUT2D eigenvalue weighted by molar-refractivity contribution is 5.97. The first kappa shape index (κ1) is 16.1. The predicted octanol–water partition coefficient (Wildman–Crippen LogP) is 2.04. The number of likely N-dealkylation sites (N-methyl/N-ethyl adjacent to an activating group) is 1. The molecule has 1 saturated heterocycles. The van der Waals surface area contributed by atoms with E-state index in [1.165, 1.54) is 0 Å². The van der Waals surface area contributed by atoms with Crippen molar-refractivity contribution in [2.75, 3.05) is 33.4 Å². The monoisotopic (exact) mass is 291 g/mol. The number of ether oxygens (including phenoxy) is 1. The highest BCUT2D eigenvalue weighted by Gasteiger charge is 2.30. The number of Topliss-reactive ketones (excluding diaryl/α,β-unsaturated/α-hetero) is 1. The fourth-order valence-electron chi connectivity index (χ4n) is 2.80. The third-order valence-corrected chi connectivity index (χ3v) is 4.15. The molecule has 0 amide bonds. The van der Waals surface area contributed by atoms with E-state index in [0.29, 0.717) is 45.6 Å². The van der Waals surface area contributed by atoms with Crippen LogP contribution in [0.25, 0.3) is 0 Å². The lowest BCUT2D eigenvalue weighted by Gasteiger charge is -2.35. The van der Waals surface area contributed by atoms with Gasteiger partial charge in [0.1, 0.15) is 0 Å². The fraction of sp³-hybridized carbons (Fsp3) is 0.588. The number of carbonyl (C=O) groups excluding carboxylic acids is 1. The maximum absolute atomic E-state index is 12.2. The van der Waals surface area contributed by atoms with Crippen LogP contribution in [0.15, 0.2) is 24.3 Å². The second-order valence-electron chi connectivity index (χ2n) is 6.06. The minimum Gasteiger partial charge on any atom is -0.388 e. The van der Waals surface area contributed by atoms with Crippen LogP contribution in [0.1, 0.15) is 35.2 Å².